The Balaban J connectivity index is 4.66. The smallest absolute Gasteiger partial charge is 0.306 e. The predicted octanol–water partition coefficient (Wildman–Crippen LogP) is 3.16. The van der Waals surface area contributed by atoms with Crippen LogP contribution < -0.4 is 5.73 Å². The van der Waals surface area contributed by atoms with Crippen molar-refractivity contribution in [3.05, 3.63) is 23.4 Å². The van der Waals surface area contributed by atoms with Gasteiger partial charge < -0.3 is 10.5 Å². The van der Waals surface area contributed by atoms with Crippen molar-refractivity contribution in [3.8, 4) is 0 Å². The van der Waals surface area contributed by atoms with Crippen molar-refractivity contribution in [2.75, 3.05) is 6.61 Å². The molecule has 0 fully saturated rings. The molecule has 0 spiro atoms. The minimum atomic E-state index is -0.178. The molecule has 0 aromatic carbocycles. The molecule has 0 amide bonds. The van der Waals surface area contributed by atoms with E-state index in [0.29, 0.717) is 31.1 Å². The van der Waals surface area contributed by atoms with E-state index in [4.69, 9.17) is 10.5 Å². The summed E-state index contributed by atoms with van der Waals surface area (Å²) in [5.41, 5.74) is 8.58. The van der Waals surface area contributed by atoms with Crippen LogP contribution in [0.5, 0.6) is 0 Å². The molecule has 0 saturated heterocycles. The highest BCUT2D eigenvalue weighted by Crippen LogP contribution is 2.24. The molecule has 0 aromatic rings. The Morgan fingerprint density at radius 1 is 1.35 bits per heavy atom. The van der Waals surface area contributed by atoms with E-state index in [2.05, 4.69) is 27.4 Å². The minimum absolute atomic E-state index is 0.178. The molecule has 0 aromatic heterocycles. The first-order valence-corrected chi connectivity index (χ1v) is 6.23. The maximum absolute atomic E-state index is 11.3. The van der Waals surface area contributed by atoms with E-state index in [9.17, 15) is 4.79 Å². The third-order valence-corrected chi connectivity index (χ3v) is 3.10. The summed E-state index contributed by atoms with van der Waals surface area (Å²) in [5.74, 6) is 0.288. The highest BCUT2D eigenvalue weighted by Gasteiger charge is 2.12. The maximum atomic E-state index is 11.3. The number of carbonyl (C=O) groups is 1. The lowest BCUT2D eigenvalue weighted by atomic mass is 9.91. The quantitative estimate of drug-likeness (QED) is 0.548. The van der Waals surface area contributed by atoms with Crippen molar-refractivity contribution in [1.29, 1.82) is 0 Å². The summed E-state index contributed by atoms with van der Waals surface area (Å²) in [6, 6.07) is 0. The minimum Gasteiger partial charge on any atom is -0.466 e. The van der Waals surface area contributed by atoms with Gasteiger partial charge in [0.25, 0.3) is 0 Å². The topological polar surface area (TPSA) is 52.3 Å². The Morgan fingerprint density at radius 2 is 1.94 bits per heavy atom. The molecule has 0 bridgehead atoms. The van der Waals surface area contributed by atoms with Gasteiger partial charge >= 0.3 is 5.97 Å². The lowest BCUT2D eigenvalue weighted by Crippen LogP contribution is -2.10. The van der Waals surface area contributed by atoms with Crippen LogP contribution in [0.4, 0.5) is 0 Å². The lowest BCUT2D eigenvalue weighted by molar-refractivity contribution is -0.143. The molecule has 0 heterocycles. The normalized spacial score (nSPS) is 13.9. The van der Waals surface area contributed by atoms with E-state index >= 15 is 0 Å². The summed E-state index contributed by atoms with van der Waals surface area (Å²) in [7, 11) is 0. The highest BCUT2D eigenvalue weighted by atomic mass is 16.5. The zero-order valence-electron chi connectivity index (χ0n) is 11.5. The molecule has 1 unspecified atom stereocenters. The van der Waals surface area contributed by atoms with Gasteiger partial charge in [0.1, 0.15) is 0 Å². The maximum Gasteiger partial charge on any atom is 0.306 e. The Morgan fingerprint density at radius 3 is 2.35 bits per heavy atom. The number of carbonyl (C=O) groups excluding carboxylic acids is 1. The summed E-state index contributed by atoms with van der Waals surface area (Å²) in [5, 5.41) is 0. The molecule has 0 aliphatic rings. The second-order valence-corrected chi connectivity index (χ2v) is 4.30. The van der Waals surface area contributed by atoms with Crippen LogP contribution in [0.25, 0.3) is 0 Å². The number of allylic oxidation sites excluding steroid dienone is 2. The van der Waals surface area contributed by atoms with Gasteiger partial charge in [-0.25, -0.2) is 0 Å². The summed E-state index contributed by atoms with van der Waals surface area (Å²) in [6.45, 7) is 12.4. The highest BCUT2D eigenvalue weighted by molar-refractivity contribution is 5.69. The van der Waals surface area contributed by atoms with Crippen LogP contribution in [0, 0.1) is 5.92 Å². The van der Waals surface area contributed by atoms with Crippen LogP contribution in [0.3, 0.4) is 0 Å². The van der Waals surface area contributed by atoms with Gasteiger partial charge in [-0.05, 0) is 38.2 Å². The Labute approximate surface area is 105 Å². The van der Waals surface area contributed by atoms with E-state index in [1.54, 1.807) is 6.92 Å². The van der Waals surface area contributed by atoms with Gasteiger partial charge in [-0.3, -0.25) is 4.79 Å². The standard InChI is InChI=1S/C14H25NO2/c1-6-10(3)11(4)13(12(5)15)8-9-14(16)17-7-2/h10H,5-9,15H2,1-4H3/b13-11-. The third-order valence-electron chi connectivity index (χ3n) is 3.10. The number of esters is 1. The predicted molar refractivity (Wildman–Crippen MR) is 71.3 cm³/mol. The second kappa shape index (κ2) is 7.93. The molecule has 0 aliphatic carbocycles. The Hall–Kier alpha value is -1.25. The first-order valence-electron chi connectivity index (χ1n) is 6.23. The fraction of sp³-hybridized carbons (Fsp3) is 0.643. The number of nitrogens with two attached hydrogens (primary N) is 1. The SMILES string of the molecule is C=C(N)/C(CCC(=O)OCC)=C(/C)C(C)CC. The monoisotopic (exact) mass is 239 g/mol. The van der Waals surface area contributed by atoms with Gasteiger partial charge in [0.2, 0.25) is 0 Å². The summed E-state index contributed by atoms with van der Waals surface area (Å²) in [4.78, 5) is 11.3. The van der Waals surface area contributed by atoms with E-state index in [1.807, 2.05) is 0 Å². The van der Waals surface area contributed by atoms with Crippen LogP contribution in [-0.4, -0.2) is 12.6 Å². The van der Waals surface area contributed by atoms with Gasteiger partial charge in [0.15, 0.2) is 0 Å². The summed E-state index contributed by atoms with van der Waals surface area (Å²) >= 11 is 0. The Kier molecular flexibility index (Phi) is 7.35. The molecule has 3 nitrogen and oxygen atoms in total. The molecule has 0 radical (unpaired) electrons. The van der Waals surface area contributed by atoms with Gasteiger partial charge in [-0.15, -0.1) is 0 Å². The van der Waals surface area contributed by atoms with Crippen molar-refractivity contribution in [2.45, 2.75) is 47.0 Å². The number of hydrogen-bond acceptors (Lipinski definition) is 3. The third kappa shape index (κ3) is 5.57. The molecule has 17 heavy (non-hydrogen) atoms. The zero-order chi connectivity index (χ0) is 13.4. The van der Waals surface area contributed by atoms with E-state index < -0.39 is 0 Å². The molecule has 3 heteroatoms. The van der Waals surface area contributed by atoms with Gasteiger partial charge in [0, 0.05) is 12.1 Å². The van der Waals surface area contributed by atoms with Crippen molar-refractivity contribution in [3.63, 3.8) is 0 Å². The number of hydrogen-bond donors (Lipinski definition) is 1. The van der Waals surface area contributed by atoms with E-state index in [0.717, 1.165) is 12.0 Å². The van der Waals surface area contributed by atoms with Crippen molar-refractivity contribution < 1.29 is 9.53 Å². The summed E-state index contributed by atoms with van der Waals surface area (Å²) in [6.07, 6.45) is 2.04. The molecular weight excluding hydrogens is 214 g/mol. The number of ether oxygens (including phenoxy) is 1. The first-order chi connectivity index (χ1) is 7.93. The van der Waals surface area contributed by atoms with Gasteiger partial charge in [-0.1, -0.05) is 26.0 Å². The average molecular weight is 239 g/mol. The average Bonchev–Trinajstić information content (AvgIpc) is 2.27. The first kappa shape index (κ1) is 15.8. The van der Waals surface area contributed by atoms with Gasteiger partial charge in [-0.2, -0.15) is 0 Å². The van der Waals surface area contributed by atoms with Crippen LogP contribution in [0.2, 0.25) is 0 Å². The van der Waals surface area contributed by atoms with Crippen molar-refractivity contribution in [1.82, 2.24) is 0 Å². The molecule has 98 valence electrons. The Bertz CT molecular complexity index is 305. The molecule has 0 rings (SSSR count). The van der Waals surface area contributed by atoms with E-state index in [-0.39, 0.29) is 5.97 Å². The van der Waals surface area contributed by atoms with Crippen LogP contribution >= 0.6 is 0 Å². The molecular formula is C14H25NO2. The van der Waals surface area contributed by atoms with Crippen molar-refractivity contribution >= 4 is 5.97 Å². The number of rotatable bonds is 7. The van der Waals surface area contributed by atoms with E-state index in [1.165, 1.54) is 5.57 Å². The lowest BCUT2D eigenvalue weighted by Gasteiger charge is -2.16. The molecule has 0 saturated carbocycles. The second-order valence-electron chi connectivity index (χ2n) is 4.30. The fourth-order valence-electron chi connectivity index (χ4n) is 1.67. The summed E-state index contributed by atoms with van der Waals surface area (Å²) < 4.78 is 4.91. The molecule has 1 atom stereocenters. The van der Waals surface area contributed by atoms with Crippen molar-refractivity contribution in [2.24, 2.45) is 11.7 Å². The van der Waals surface area contributed by atoms with Crippen LogP contribution in [0.1, 0.15) is 47.0 Å². The van der Waals surface area contributed by atoms with Gasteiger partial charge in [0.05, 0.1) is 6.61 Å². The zero-order valence-corrected chi connectivity index (χ0v) is 11.5. The fourth-order valence-corrected chi connectivity index (χ4v) is 1.67. The largest absolute Gasteiger partial charge is 0.466 e. The van der Waals surface area contributed by atoms with Crippen LogP contribution in [-0.2, 0) is 9.53 Å². The van der Waals surface area contributed by atoms with Crippen LogP contribution in [0.15, 0.2) is 23.4 Å². The molecule has 0 aliphatic heterocycles. The molecule has 2 N–H and O–H groups in total.